The molecule has 2 aromatic carbocycles. The molecule has 3 rings (SSSR count). The van der Waals surface area contributed by atoms with E-state index in [2.05, 4.69) is 26.1 Å². The highest BCUT2D eigenvalue weighted by atomic mass is 79.9. The predicted octanol–water partition coefficient (Wildman–Crippen LogP) is 3.54. The van der Waals surface area contributed by atoms with E-state index in [4.69, 9.17) is 4.99 Å². The van der Waals surface area contributed by atoms with E-state index in [9.17, 15) is 10.1 Å². The number of amidine groups is 1. The second-order valence-corrected chi connectivity index (χ2v) is 6.76. The van der Waals surface area contributed by atoms with Gasteiger partial charge in [0.25, 0.3) is 5.69 Å². The number of rotatable bonds is 4. The standard InChI is InChI=1S/C18H19BrN4O2/c19-15-3-5-16(6-4-15)21-18(22-11-9-20-10-12-22)13-14-1-7-17(8-2-14)23(24)25/h1-8,20H,9-13H2. The average Bonchev–Trinajstić information content (AvgIpc) is 2.64. The van der Waals surface area contributed by atoms with Gasteiger partial charge in [-0.05, 0) is 29.8 Å². The summed E-state index contributed by atoms with van der Waals surface area (Å²) in [7, 11) is 0. The van der Waals surface area contributed by atoms with E-state index in [0.29, 0.717) is 6.42 Å². The summed E-state index contributed by atoms with van der Waals surface area (Å²) in [6.07, 6.45) is 0.647. The van der Waals surface area contributed by atoms with Gasteiger partial charge in [-0.2, -0.15) is 0 Å². The third kappa shape index (κ3) is 4.87. The number of nitro benzene ring substituents is 1. The SMILES string of the molecule is O=[N+]([O-])c1ccc(CC(=Nc2ccc(Br)cc2)N2CCNCC2)cc1. The number of non-ortho nitro benzene ring substituents is 1. The number of hydrogen-bond donors (Lipinski definition) is 1. The Labute approximate surface area is 154 Å². The molecule has 0 radical (unpaired) electrons. The monoisotopic (exact) mass is 402 g/mol. The minimum absolute atomic E-state index is 0.109. The fourth-order valence-corrected chi connectivity index (χ4v) is 2.99. The van der Waals surface area contributed by atoms with E-state index in [1.54, 1.807) is 24.3 Å². The van der Waals surface area contributed by atoms with Crippen molar-refractivity contribution in [3.8, 4) is 0 Å². The van der Waals surface area contributed by atoms with Crippen molar-refractivity contribution in [2.75, 3.05) is 26.2 Å². The van der Waals surface area contributed by atoms with Gasteiger partial charge < -0.3 is 10.2 Å². The Hall–Kier alpha value is -2.25. The molecule has 0 amide bonds. The van der Waals surface area contributed by atoms with Crippen molar-refractivity contribution >= 4 is 33.1 Å². The molecule has 1 N–H and O–H groups in total. The fourth-order valence-electron chi connectivity index (χ4n) is 2.73. The highest BCUT2D eigenvalue weighted by Gasteiger charge is 2.16. The highest BCUT2D eigenvalue weighted by molar-refractivity contribution is 9.10. The minimum atomic E-state index is -0.378. The van der Waals surface area contributed by atoms with Crippen LogP contribution in [-0.2, 0) is 6.42 Å². The highest BCUT2D eigenvalue weighted by Crippen LogP contribution is 2.19. The lowest BCUT2D eigenvalue weighted by Gasteiger charge is -2.30. The molecule has 0 unspecified atom stereocenters. The van der Waals surface area contributed by atoms with Crippen LogP contribution in [0.15, 0.2) is 58.0 Å². The summed E-state index contributed by atoms with van der Waals surface area (Å²) in [6, 6.07) is 14.6. The Bertz CT molecular complexity index is 754. The second-order valence-electron chi connectivity index (χ2n) is 5.84. The van der Waals surface area contributed by atoms with E-state index in [1.165, 1.54) is 0 Å². The molecule has 1 fully saturated rings. The molecule has 0 saturated carbocycles. The fraction of sp³-hybridized carbons (Fsp3) is 0.278. The number of halogens is 1. The first-order chi connectivity index (χ1) is 12.1. The first-order valence-electron chi connectivity index (χ1n) is 8.14. The van der Waals surface area contributed by atoms with Crippen LogP contribution in [0.3, 0.4) is 0 Å². The molecule has 0 bridgehead atoms. The minimum Gasteiger partial charge on any atom is -0.357 e. The van der Waals surface area contributed by atoms with Crippen LogP contribution in [0.2, 0.25) is 0 Å². The topological polar surface area (TPSA) is 70.8 Å². The number of benzene rings is 2. The molecule has 1 heterocycles. The quantitative estimate of drug-likeness (QED) is 0.367. The number of nitrogens with zero attached hydrogens (tertiary/aromatic N) is 3. The van der Waals surface area contributed by atoms with Crippen molar-refractivity contribution in [3.63, 3.8) is 0 Å². The van der Waals surface area contributed by atoms with Gasteiger partial charge >= 0.3 is 0 Å². The zero-order valence-corrected chi connectivity index (χ0v) is 15.3. The molecule has 25 heavy (non-hydrogen) atoms. The van der Waals surface area contributed by atoms with Crippen LogP contribution in [0.1, 0.15) is 5.56 Å². The molecule has 6 nitrogen and oxygen atoms in total. The summed E-state index contributed by atoms with van der Waals surface area (Å²) in [5.74, 6) is 0.984. The zero-order valence-electron chi connectivity index (χ0n) is 13.7. The van der Waals surface area contributed by atoms with Crippen molar-refractivity contribution in [1.29, 1.82) is 0 Å². The predicted molar refractivity (Wildman–Crippen MR) is 102 cm³/mol. The molecule has 0 aromatic heterocycles. The lowest BCUT2D eigenvalue weighted by molar-refractivity contribution is -0.384. The maximum atomic E-state index is 10.8. The summed E-state index contributed by atoms with van der Waals surface area (Å²) in [4.78, 5) is 17.5. The molecule has 130 valence electrons. The third-order valence-electron chi connectivity index (χ3n) is 4.08. The van der Waals surface area contributed by atoms with Gasteiger partial charge in [0, 0.05) is 49.2 Å². The first-order valence-corrected chi connectivity index (χ1v) is 8.93. The first kappa shape index (κ1) is 17.6. The Balaban J connectivity index is 1.85. The van der Waals surface area contributed by atoms with E-state index in [-0.39, 0.29) is 10.6 Å². The number of piperazine rings is 1. The Kier molecular flexibility index (Phi) is 5.78. The largest absolute Gasteiger partial charge is 0.357 e. The molecule has 2 aromatic rings. The van der Waals surface area contributed by atoms with Crippen LogP contribution in [0.25, 0.3) is 0 Å². The summed E-state index contributed by atoms with van der Waals surface area (Å²) in [6.45, 7) is 3.67. The molecule has 1 saturated heterocycles. The van der Waals surface area contributed by atoms with Gasteiger partial charge in [-0.25, -0.2) is 4.99 Å². The normalized spacial score (nSPS) is 15.2. The van der Waals surface area contributed by atoms with E-state index < -0.39 is 0 Å². The Morgan fingerprint density at radius 3 is 2.36 bits per heavy atom. The van der Waals surface area contributed by atoms with Gasteiger partial charge in [0.2, 0.25) is 0 Å². The van der Waals surface area contributed by atoms with Gasteiger partial charge in [0.05, 0.1) is 10.6 Å². The van der Waals surface area contributed by atoms with Crippen LogP contribution in [0.5, 0.6) is 0 Å². The molecular weight excluding hydrogens is 384 g/mol. The Morgan fingerprint density at radius 2 is 1.76 bits per heavy atom. The molecule has 0 spiro atoms. The van der Waals surface area contributed by atoms with Crippen LogP contribution in [-0.4, -0.2) is 41.8 Å². The maximum absolute atomic E-state index is 10.8. The van der Waals surface area contributed by atoms with Gasteiger partial charge in [0.15, 0.2) is 0 Å². The van der Waals surface area contributed by atoms with Crippen molar-refractivity contribution in [2.24, 2.45) is 4.99 Å². The van der Waals surface area contributed by atoms with Gasteiger partial charge in [0.1, 0.15) is 5.84 Å². The molecule has 0 atom stereocenters. The third-order valence-corrected chi connectivity index (χ3v) is 4.60. The van der Waals surface area contributed by atoms with Gasteiger partial charge in [-0.3, -0.25) is 10.1 Å². The molecule has 7 heteroatoms. The average molecular weight is 403 g/mol. The smallest absolute Gasteiger partial charge is 0.269 e. The van der Waals surface area contributed by atoms with Gasteiger partial charge in [-0.1, -0.05) is 28.1 Å². The van der Waals surface area contributed by atoms with Crippen LogP contribution in [0.4, 0.5) is 11.4 Å². The number of nitro groups is 1. The Morgan fingerprint density at radius 1 is 1.12 bits per heavy atom. The van der Waals surface area contributed by atoms with Crippen molar-refractivity contribution < 1.29 is 4.92 Å². The molecule has 0 aliphatic carbocycles. The van der Waals surface area contributed by atoms with Crippen LogP contribution >= 0.6 is 15.9 Å². The van der Waals surface area contributed by atoms with Crippen molar-refractivity contribution in [3.05, 3.63) is 68.7 Å². The molecule has 1 aliphatic rings. The lowest BCUT2D eigenvalue weighted by atomic mass is 10.1. The van der Waals surface area contributed by atoms with E-state index in [1.807, 2.05) is 24.3 Å². The lowest BCUT2D eigenvalue weighted by Crippen LogP contribution is -2.47. The van der Waals surface area contributed by atoms with Crippen molar-refractivity contribution in [1.82, 2.24) is 10.2 Å². The summed E-state index contributed by atoms with van der Waals surface area (Å²) in [5, 5.41) is 14.2. The number of aliphatic imine (C=N–C) groups is 1. The molecular formula is C18H19BrN4O2. The van der Waals surface area contributed by atoms with Crippen molar-refractivity contribution in [2.45, 2.75) is 6.42 Å². The van der Waals surface area contributed by atoms with Crippen LogP contribution < -0.4 is 5.32 Å². The summed E-state index contributed by atoms with van der Waals surface area (Å²) in [5.41, 5.74) is 2.02. The summed E-state index contributed by atoms with van der Waals surface area (Å²) < 4.78 is 1.02. The maximum Gasteiger partial charge on any atom is 0.269 e. The van der Waals surface area contributed by atoms with E-state index >= 15 is 0 Å². The summed E-state index contributed by atoms with van der Waals surface area (Å²) >= 11 is 3.44. The number of hydrogen-bond acceptors (Lipinski definition) is 4. The zero-order chi connectivity index (χ0) is 17.6. The number of nitrogens with one attached hydrogen (secondary N) is 1. The van der Waals surface area contributed by atoms with Gasteiger partial charge in [-0.15, -0.1) is 0 Å². The van der Waals surface area contributed by atoms with E-state index in [0.717, 1.165) is 47.7 Å². The van der Waals surface area contributed by atoms with Crippen LogP contribution in [0, 0.1) is 10.1 Å². The molecule has 1 aliphatic heterocycles. The second kappa shape index (κ2) is 8.22.